The number of halogens is 1. The molecule has 6 saturated carbocycles. The van der Waals surface area contributed by atoms with Crippen molar-refractivity contribution in [1.29, 1.82) is 0 Å². The minimum atomic E-state index is -0.877. The van der Waals surface area contributed by atoms with Crippen LogP contribution in [0.4, 0.5) is 4.39 Å². The average molecular weight is 167 g/mol. The molecule has 6 aliphatic rings. The predicted octanol–water partition coefficient (Wildman–Crippen LogP) is 0.475. The molecule has 0 unspecified atom stereocenters. The van der Waals surface area contributed by atoms with Crippen LogP contribution in [0.25, 0.3) is 0 Å². The molecule has 4 heteroatoms. The third kappa shape index (κ3) is 0.152. The van der Waals surface area contributed by atoms with E-state index in [-0.39, 0.29) is 40.4 Å². The molecule has 6 fully saturated rings. The highest BCUT2D eigenvalue weighted by molar-refractivity contribution is 5.58. The van der Waals surface area contributed by atoms with Crippen molar-refractivity contribution < 1.29 is 9.31 Å². The fraction of sp³-hybridized carbons (Fsp3) is 1.00. The largest absolute Gasteiger partial charge is 0.264 e. The topological polar surface area (TPSA) is 43.1 Å². The first-order valence-corrected chi connectivity index (χ1v) is 4.51. The van der Waals surface area contributed by atoms with Gasteiger partial charge in [-0.25, -0.2) is 4.39 Å². The molecule has 0 saturated heterocycles. The van der Waals surface area contributed by atoms with Gasteiger partial charge in [0.25, 0.3) is 0 Å². The lowest BCUT2D eigenvalue weighted by molar-refractivity contribution is -0.794. The smallest absolute Gasteiger partial charge is 0.232 e. The molecule has 3 nitrogen and oxygen atoms in total. The van der Waals surface area contributed by atoms with Crippen LogP contribution in [0.5, 0.6) is 0 Å². The molecular weight excluding hydrogens is 161 g/mol. The van der Waals surface area contributed by atoms with E-state index in [1.165, 1.54) is 0 Å². The normalized spacial score (nSPS) is 88.1. The van der Waals surface area contributed by atoms with E-state index in [0.29, 0.717) is 0 Å². The molecule has 6 rings (SSSR count). The maximum atomic E-state index is 13.6. The second-order valence-electron chi connectivity index (χ2n) is 5.13. The first-order chi connectivity index (χ1) is 5.68. The zero-order valence-corrected chi connectivity index (χ0v) is 6.11. The Labute approximate surface area is 67.1 Å². The summed E-state index contributed by atoms with van der Waals surface area (Å²) in [6.07, 6.45) is 0. The molecule has 0 N–H and O–H groups in total. The summed E-state index contributed by atoms with van der Waals surface area (Å²) in [5.74, 6) is 0.876. The number of alkyl halides is 1. The maximum Gasteiger partial charge on any atom is 0.232 e. The highest BCUT2D eigenvalue weighted by atomic mass is 19.1. The van der Waals surface area contributed by atoms with Crippen molar-refractivity contribution in [3.63, 3.8) is 0 Å². The SMILES string of the molecule is O=[N+]([O-])C12C3C4C1C1C2C3C41F. The van der Waals surface area contributed by atoms with Crippen LogP contribution in [-0.4, -0.2) is 16.1 Å². The standard InChI is InChI=1S/C8H6FNO2/c9-7-1-4-2(7)6-3(7)5(1)8(4,6)10(11)12/h1-6H. The lowest BCUT2D eigenvalue weighted by Crippen LogP contribution is -3.15. The van der Waals surface area contributed by atoms with Gasteiger partial charge < -0.3 is 0 Å². The summed E-state index contributed by atoms with van der Waals surface area (Å²) in [6, 6.07) is 0. The Morgan fingerprint density at radius 3 is 1.83 bits per heavy atom. The van der Waals surface area contributed by atoms with E-state index in [9.17, 15) is 14.5 Å². The van der Waals surface area contributed by atoms with Gasteiger partial charge in [0.1, 0.15) is 5.67 Å². The summed E-state index contributed by atoms with van der Waals surface area (Å²) in [5, 5.41) is 10.8. The van der Waals surface area contributed by atoms with E-state index in [2.05, 4.69) is 0 Å². The molecule has 0 amide bonds. The van der Waals surface area contributed by atoms with Crippen molar-refractivity contribution in [2.24, 2.45) is 35.5 Å². The van der Waals surface area contributed by atoms with Crippen LogP contribution in [0.1, 0.15) is 0 Å². The average Bonchev–Trinajstić information content (AvgIpc) is 2.04. The Hall–Kier alpha value is -0.670. The molecule has 12 heavy (non-hydrogen) atoms. The summed E-state index contributed by atoms with van der Waals surface area (Å²) in [7, 11) is 0. The van der Waals surface area contributed by atoms with Gasteiger partial charge >= 0.3 is 0 Å². The summed E-state index contributed by atoms with van der Waals surface area (Å²) in [5.41, 5.74) is -1.45. The molecule has 0 bridgehead atoms. The van der Waals surface area contributed by atoms with Crippen LogP contribution in [0.3, 0.4) is 0 Å². The summed E-state index contributed by atoms with van der Waals surface area (Å²) in [4.78, 5) is 10.7. The van der Waals surface area contributed by atoms with Crippen molar-refractivity contribution in [3.05, 3.63) is 10.1 Å². The maximum absolute atomic E-state index is 13.6. The quantitative estimate of drug-likeness (QED) is 0.421. The lowest BCUT2D eigenvalue weighted by atomic mass is 8.97. The van der Waals surface area contributed by atoms with Gasteiger partial charge in [-0.1, -0.05) is 0 Å². The van der Waals surface area contributed by atoms with E-state index in [4.69, 9.17) is 0 Å². The van der Waals surface area contributed by atoms with E-state index >= 15 is 0 Å². The molecule has 0 heterocycles. The number of hydrogen-bond acceptors (Lipinski definition) is 2. The van der Waals surface area contributed by atoms with Crippen molar-refractivity contribution in [2.75, 3.05) is 0 Å². The monoisotopic (exact) mass is 167 g/mol. The zero-order chi connectivity index (χ0) is 8.04. The highest BCUT2D eigenvalue weighted by Crippen LogP contribution is 3.05. The first kappa shape index (κ1) is 5.14. The molecule has 0 radical (unpaired) electrons. The first-order valence-electron chi connectivity index (χ1n) is 4.51. The molecular formula is C8H6FNO2. The van der Waals surface area contributed by atoms with E-state index < -0.39 is 11.2 Å². The van der Waals surface area contributed by atoms with E-state index in [1.807, 2.05) is 0 Å². The van der Waals surface area contributed by atoms with Gasteiger partial charge in [0.05, 0.1) is 0 Å². The van der Waals surface area contributed by atoms with Crippen LogP contribution < -0.4 is 0 Å². The van der Waals surface area contributed by atoms with Crippen molar-refractivity contribution >= 4 is 0 Å². The van der Waals surface area contributed by atoms with Gasteiger partial charge in [-0.05, 0) is 0 Å². The van der Waals surface area contributed by atoms with Crippen LogP contribution >= 0.6 is 0 Å². The van der Waals surface area contributed by atoms with Gasteiger partial charge in [0.15, 0.2) is 0 Å². The van der Waals surface area contributed by atoms with Crippen LogP contribution in [-0.2, 0) is 0 Å². The molecule has 0 aromatic heterocycles. The van der Waals surface area contributed by atoms with E-state index in [1.54, 1.807) is 0 Å². The third-order valence-corrected chi connectivity index (χ3v) is 5.77. The summed E-state index contributed by atoms with van der Waals surface area (Å²) in [6.45, 7) is 0. The van der Waals surface area contributed by atoms with Crippen molar-refractivity contribution in [2.45, 2.75) is 11.2 Å². The third-order valence-electron chi connectivity index (χ3n) is 5.77. The fourth-order valence-corrected chi connectivity index (χ4v) is 5.70. The Morgan fingerprint density at radius 2 is 1.50 bits per heavy atom. The van der Waals surface area contributed by atoms with Gasteiger partial charge in [-0.2, -0.15) is 0 Å². The number of hydrogen-bond donors (Lipinski definition) is 0. The Balaban J connectivity index is 1.75. The number of nitrogens with zero attached hydrogens (tertiary/aromatic N) is 1. The molecule has 0 aromatic carbocycles. The molecule has 62 valence electrons. The number of nitro groups is 1. The van der Waals surface area contributed by atoms with Gasteiger partial charge in [-0.3, -0.25) is 10.1 Å². The molecule has 0 aliphatic heterocycles. The van der Waals surface area contributed by atoms with E-state index in [0.717, 1.165) is 0 Å². The number of rotatable bonds is 1. The Kier molecular flexibility index (Phi) is 0.369. The van der Waals surface area contributed by atoms with Crippen molar-refractivity contribution in [3.8, 4) is 0 Å². The highest BCUT2D eigenvalue weighted by Gasteiger charge is 3.17. The van der Waals surface area contributed by atoms with Crippen LogP contribution in [0.2, 0.25) is 0 Å². The second kappa shape index (κ2) is 0.860. The predicted molar refractivity (Wildman–Crippen MR) is 34.5 cm³/mol. The van der Waals surface area contributed by atoms with Gasteiger partial charge in [-0.15, -0.1) is 0 Å². The molecule has 0 spiro atoms. The summed E-state index contributed by atoms with van der Waals surface area (Å²) >= 11 is 0. The Morgan fingerprint density at radius 1 is 1.08 bits per heavy atom. The second-order valence-corrected chi connectivity index (χ2v) is 5.13. The fourth-order valence-electron chi connectivity index (χ4n) is 5.70. The van der Waals surface area contributed by atoms with Crippen LogP contribution in [0, 0.1) is 45.6 Å². The summed E-state index contributed by atoms with van der Waals surface area (Å²) < 4.78 is 13.6. The van der Waals surface area contributed by atoms with Crippen molar-refractivity contribution in [1.82, 2.24) is 0 Å². The molecule has 0 aromatic rings. The van der Waals surface area contributed by atoms with Gasteiger partial charge in [0, 0.05) is 40.4 Å². The van der Waals surface area contributed by atoms with Crippen LogP contribution in [0.15, 0.2) is 0 Å². The molecule has 6 aliphatic carbocycles. The minimum Gasteiger partial charge on any atom is -0.264 e. The lowest BCUT2D eigenvalue weighted by Gasteiger charge is -3.03. The van der Waals surface area contributed by atoms with Gasteiger partial charge in [0.2, 0.25) is 5.54 Å². The molecule has 0 atom stereocenters. The zero-order valence-electron chi connectivity index (χ0n) is 6.11. The Bertz CT molecular complexity index is 326. The minimum absolute atomic E-state index is 0.102.